The smallest absolute Gasteiger partial charge is 0.328 e. The maximum Gasteiger partial charge on any atom is 0.328 e. The lowest BCUT2D eigenvalue weighted by molar-refractivity contribution is -0.137. The number of carbonyl (C=O) groups is 2. The van der Waals surface area contributed by atoms with Crippen LogP contribution >= 0.6 is 0 Å². The summed E-state index contributed by atoms with van der Waals surface area (Å²) in [6.45, 7) is 0.379. The topological polar surface area (TPSA) is 121 Å². The van der Waals surface area contributed by atoms with E-state index in [1.54, 1.807) is 0 Å². The van der Waals surface area contributed by atoms with Gasteiger partial charge in [0.05, 0.1) is 0 Å². The third-order valence-electron chi connectivity index (χ3n) is 3.10. The van der Waals surface area contributed by atoms with Crippen LogP contribution in [0.5, 0.6) is 0 Å². The zero-order chi connectivity index (χ0) is 16.4. The Hall–Kier alpha value is -2.38. The minimum absolute atomic E-state index is 0.131. The van der Waals surface area contributed by atoms with Crippen LogP contribution in [-0.4, -0.2) is 33.1 Å². The number of aliphatic carboxylic acids is 1. The molecule has 0 saturated heterocycles. The van der Waals surface area contributed by atoms with Crippen LogP contribution in [0.2, 0.25) is 0 Å². The zero-order valence-corrected chi connectivity index (χ0v) is 12.3. The van der Waals surface area contributed by atoms with E-state index in [9.17, 15) is 19.2 Å². The number of unbranched alkanes of at least 4 members (excludes halogenated alkanes) is 4. The van der Waals surface area contributed by atoms with Gasteiger partial charge in [0.1, 0.15) is 6.54 Å². The molecule has 0 aliphatic carbocycles. The summed E-state index contributed by atoms with van der Waals surface area (Å²) in [4.78, 5) is 46.3. The van der Waals surface area contributed by atoms with Gasteiger partial charge < -0.3 is 10.4 Å². The van der Waals surface area contributed by atoms with E-state index in [2.05, 4.69) is 10.3 Å². The predicted octanol–water partition coefficient (Wildman–Crippen LogP) is 0.0780. The van der Waals surface area contributed by atoms with Crippen molar-refractivity contribution in [3.05, 3.63) is 33.1 Å². The molecule has 1 amide bonds. The minimum Gasteiger partial charge on any atom is -0.481 e. The number of H-pyrrole nitrogens is 1. The van der Waals surface area contributed by atoms with Crippen LogP contribution in [0.1, 0.15) is 38.5 Å². The van der Waals surface area contributed by atoms with Crippen molar-refractivity contribution >= 4 is 11.9 Å². The highest BCUT2D eigenvalue weighted by Gasteiger charge is 2.04. The van der Waals surface area contributed by atoms with E-state index in [0.29, 0.717) is 13.0 Å². The highest BCUT2D eigenvalue weighted by molar-refractivity contribution is 5.75. The zero-order valence-electron chi connectivity index (χ0n) is 12.3. The molecule has 22 heavy (non-hydrogen) atoms. The number of nitrogens with one attached hydrogen (secondary N) is 2. The van der Waals surface area contributed by atoms with Gasteiger partial charge in [-0.3, -0.25) is 23.9 Å². The van der Waals surface area contributed by atoms with Gasteiger partial charge >= 0.3 is 11.7 Å². The van der Waals surface area contributed by atoms with Crippen LogP contribution in [0.25, 0.3) is 0 Å². The first-order chi connectivity index (χ1) is 10.5. The highest BCUT2D eigenvalue weighted by atomic mass is 16.4. The fourth-order valence-corrected chi connectivity index (χ4v) is 1.94. The van der Waals surface area contributed by atoms with Crippen molar-refractivity contribution in [2.24, 2.45) is 0 Å². The molecule has 0 spiro atoms. The van der Waals surface area contributed by atoms with Crippen LogP contribution in [0.4, 0.5) is 0 Å². The summed E-state index contributed by atoms with van der Waals surface area (Å²) in [5.74, 6) is -1.07. The average Bonchev–Trinajstić information content (AvgIpc) is 2.44. The molecule has 1 heterocycles. The summed E-state index contributed by atoms with van der Waals surface area (Å²) >= 11 is 0. The second-order valence-corrected chi connectivity index (χ2v) is 5.00. The molecule has 0 aliphatic heterocycles. The van der Waals surface area contributed by atoms with Crippen molar-refractivity contribution < 1.29 is 14.7 Å². The third kappa shape index (κ3) is 7.41. The molecule has 8 heteroatoms. The van der Waals surface area contributed by atoms with Gasteiger partial charge in [0, 0.05) is 25.2 Å². The lowest BCUT2D eigenvalue weighted by Gasteiger charge is -2.06. The summed E-state index contributed by atoms with van der Waals surface area (Å²) in [5, 5.41) is 11.2. The number of hydrogen-bond donors (Lipinski definition) is 3. The van der Waals surface area contributed by atoms with E-state index >= 15 is 0 Å². The molecule has 0 aliphatic rings. The predicted molar refractivity (Wildman–Crippen MR) is 79.7 cm³/mol. The van der Waals surface area contributed by atoms with Crippen molar-refractivity contribution in [2.75, 3.05) is 6.54 Å². The Kier molecular flexibility index (Phi) is 7.66. The molecule has 0 radical (unpaired) electrons. The van der Waals surface area contributed by atoms with Crippen molar-refractivity contribution in [3.8, 4) is 0 Å². The summed E-state index contributed by atoms with van der Waals surface area (Å²) in [5.41, 5.74) is -1.11. The summed E-state index contributed by atoms with van der Waals surface area (Å²) < 4.78 is 1.13. The number of hydrogen-bond acceptors (Lipinski definition) is 4. The number of rotatable bonds is 10. The fourth-order valence-electron chi connectivity index (χ4n) is 1.94. The van der Waals surface area contributed by atoms with Crippen LogP contribution in [-0.2, 0) is 16.1 Å². The Balaban J connectivity index is 2.12. The number of nitrogens with zero attached hydrogens (tertiary/aromatic N) is 1. The van der Waals surface area contributed by atoms with Gasteiger partial charge in [-0.1, -0.05) is 19.3 Å². The third-order valence-corrected chi connectivity index (χ3v) is 3.10. The van der Waals surface area contributed by atoms with E-state index in [1.807, 2.05) is 0 Å². The Morgan fingerprint density at radius 1 is 1.14 bits per heavy atom. The maximum absolute atomic E-state index is 11.6. The molecule has 122 valence electrons. The Bertz CT molecular complexity index is 605. The second kappa shape index (κ2) is 9.54. The highest BCUT2D eigenvalue weighted by Crippen LogP contribution is 2.04. The molecular weight excluding hydrogens is 290 g/mol. The number of aromatic amines is 1. The first-order valence-electron chi connectivity index (χ1n) is 7.27. The Morgan fingerprint density at radius 3 is 2.50 bits per heavy atom. The molecule has 0 atom stereocenters. The molecule has 0 unspecified atom stereocenters. The van der Waals surface area contributed by atoms with E-state index in [-0.39, 0.29) is 18.9 Å². The standard InChI is InChI=1S/C14H21N3O5/c18-11-7-9-17(14(22)16-11)10-12(19)15-8-5-3-1-2-4-6-13(20)21/h7,9H,1-6,8,10H2,(H,15,19)(H,20,21)(H,16,18,22). The first kappa shape index (κ1) is 17.7. The van der Waals surface area contributed by atoms with Gasteiger partial charge in [-0.2, -0.15) is 0 Å². The largest absolute Gasteiger partial charge is 0.481 e. The van der Waals surface area contributed by atoms with Crippen molar-refractivity contribution in [1.29, 1.82) is 0 Å². The fraction of sp³-hybridized carbons (Fsp3) is 0.571. The number of carboxylic acids is 1. The lowest BCUT2D eigenvalue weighted by Crippen LogP contribution is -2.35. The van der Waals surface area contributed by atoms with Crippen LogP contribution in [0.3, 0.4) is 0 Å². The van der Waals surface area contributed by atoms with E-state index in [4.69, 9.17) is 5.11 Å². The normalized spacial score (nSPS) is 10.4. The SMILES string of the molecule is O=C(O)CCCCCCCNC(=O)Cn1ccc(=O)[nH]c1=O. The molecule has 0 saturated carbocycles. The number of carboxylic acid groups (broad SMARTS) is 1. The number of amides is 1. The van der Waals surface area contributed by atoms with Crippen molar-refractivity contribution in [3.63, 3.8) is 0 Å². The quantitative estimate of drug-likeness (QED) is 0.528. The molecular formula is C14H21N3O5. The van der Waals surface area contributed by atoms with Gasteiger partial charge in [-0.25, -0.2) is 4.79 Å². The Labute approximate surface area is 127 Å². The molecule has 1 rings (SSSR count). The molecule has 3 N–H and O–H groups in total. The average molecular weight is 311 g/mol. The molecule has 1 aromatic heterocycles. The van der Waals surface area contributed by atoms with Gasteiger partial charge in [-0.15, -0.1) is 0 Å². The summed E-state index contributed by atoms with van der Waals surface area (Å²) in [6.07, 6.45) is 5.68. The molecule has 1 aromatic rings. The molecule has 8 nitrogen and oxygen atoms in total. The number of carbonyl (C=O) groups excluding carboxylic acids is 1. The van der Waals surface area contributed by atoms with E-state index in [1.165, 1.54) is 12.3 Å². The van der Waals surface area contributed by atoms with Crippen molar-refractivity contribution in [2.45, 2.75) is 45.1 Å². The van der Waals surface area contributed by atoms with E-state index in [0.717, 1.165) is 30.3 Å². The summed E-state index contributed by atoms with van der Waals surface area (Å²) in [6, 6.07) is 1.19. The molecule has 0 fully saturated rings. The van der Waals surface area contributed by atoms with Crippen molar-refractivity contribution in [1.82, 2.24) is 14.9 Å². The van der Waals surface area contributed by atoms with Gasteiger partial charge in [0.25, 0.3) is 5.56 Å². The van der Waals surface area contributed by atoms with Gasteiger partial charge in [0.2, 0.25) is 5.91 Å². The lowest BCUT2D eigenvalue weighted by atomic mass is 10.1. The maximum atomic E-state index is 11.6. The monoisotopic (exact) mass is 311 g/mol. The minimum atomic E-state index is -0.773. The summed E-state index contributed by atoms with van der Waals surface area (Å²) in [7, 11) is 0. The van der Waals surface area contributed by atoms with Gasteiger partial charge in [0.15, 0.2) is 0 Å². The Morgan fingerprint density at radius 2 is 1.82 bits per heavy atom. The van der Waals surface area contributed by atoms with E-state index < -0.39 is 17.2 Å². The van der Waals surface area contributed by atoms with Crippen LogP contribution in [0, 0.1) is 0 Å². The second-order valence-electron chi connectivity index (χ2n) is 5.00. The first-order valence-corrected chi connectivity index (χ1v) is 7.27. The molecule has 0 bridgehead atoms. The van der Waals surface area contributed by atoms with Gasteiger partial charge in [-0.05, 0) is 12.8 Å². The number of aromatic nitrogens is 2. The van der Waals surface area contributed by atoms with Crippen LogP contribution in [0.15, 0.2) is 21.9 Å². The molecule has 0 aromatic carbocycles. The van der Waals surface area contributed by atoms with Crippen LogP contribution < -0.4 is 16.6 Å².